The van der Waals surface area contributed by atoms with Crippen LogP contribution in [-0.4, -0.2) is 11.9 Å². The van der Waals surface area contributed by atoms with Crippen molar-refractivity contribution in [1.29, 1.82) is 0 Å². The second-order valence-corrected chi connectivity index (χ2v) is 5.51. The zero-order valence-corrected chi connectivity index (χ0v) is 11.8. The summed E-state index contributed by atoms with van der Waals surface area (Å²) in [7, 11) is 0. The summed E-state index contributed by atoms with van der Waals surface area (Å²) in [6, 6.07) is 11.2. The van der Waals surface area contributed by atoms with E-state index in [0.717, 1.165) is 18.4 Å². The number of rotatable bonds is 3. The summed E-state index contributed by atoms with van der Waals surface area (Å²) >= 11 is 6.12. The van der Waals surface area contributed by atoms with Gasteiger partial charge in [-0.1, -0.05) is 36.6 Å². The molecule has 1 amide bonds. The van der Waals surface area contributed by atoms with Gasteiger partial charge in [-0.3, -0.25) is 4.79 Å². The molecular formula is C16H16ClNO2. The summed E-state index contributed by atoms with van der Waals surface area (Å²) in [6.07, 6.45) is 4.50. The van der Waals surface area contributed by atoms with Crippen molar-refractivity contribution in [2.45, 2.75) is 31.7 Å². The molecule has 3 nitrogen and oxygen atoms in total. The lowest BCUT2D eigenvalue weighted by Crippen LogP contribution is -2.32. The molecule has 1 N–H and O–H groups in total. The predicted octanol–water partition coefficient (Wildman–Crippen LogP) is 4.27. The Kier molecular flexibility index (Phi) is 3.79. The molecule has 4 heteroatoms. The van der Waals surface area contributed by atoms with Gasteiger partial charge in [0, 0.05) is 11.6 Å². The van der Waals surface area contributed by atoms with Gasteiger partial charge in [-0.2, -0.15) is 0 Å². The van der Waals surface area contributed by atoms with E-state index in [1.165, 1.54) is 12.8 Å². The van der Waals surface area contributed by atoms with Crippen molar-refractivity contribution in [3.05, 3.63) is 47.2 Å². The highest BCUT2D eigenvalue weighted by atomic mass is 35.5. The number of hydrogen-bond donors (Lipinski definition) is 1. The molecule has 20 heavy (non-hydrogen) atoms. The second-order valence-electron chi connectivity index (χ2n) is 5.10. The Bertz CT molecular complexity index is 614. The molecule has 104 valence electrons. The minimum Gasteiger partial charge on any atom is -0.451 e. The molecular weight excluding hydrogens is 274 g/mol. The topological polar surface area (TPSA) is 42.2 Å². The molecule has 0 bridgehead atoms. The first-order chi connectivity index (χ1) is 9.74. The first kappa shape index (κ1) is 13.3. The minimum atomic E-state index is -0.143. The van der Waals surface area contributed by atoms with Crippen LogP contribution >= 0.6 is 11.6 Å². The van der Waals surface area contributed by atoms with Gasteiger partial charge in [-0.25, -0.2) is 0 Å². The number of amides is 1. The molecule has 0 radical (unpaired) electrons. The molecule has 1 aromatic carbocycles. The minimum absolute atomic E-state index is 0.143. The molecule has 0 unspecified atom stereocenters. The molecule has 0 atom stereocenters. The average Bonchev–Trinajstić information content (AvgIpc) is 3.10. The zero-order valence-electron chi connectivity index (χ0n) is 11.1. The number of carbonyl (C=O) groups is 1. The van der Waals surface area contributed by atoms with Gasteiger partial charge >= 0.3 is 0 Å². The predicted molar refractivity (Wildman–Crippen MR) is 78.9 cm³/mol. The molecule has 1 heterocycles. The number of benzene rings is 1. The quantitative estimate of drug-likeness (QED) is 0.917. The molecule has 1 aliphatic rings. The van der Waals surface area contributed by atoms with Crippen LogP contribution in [0.4, 0.5) is 0 Å². The fourth-order valence-electron chi connectivity index (χ4n) is 2.59. The number of hydrogen-bond acceptors (Lipinski definition) is 2. The maximum atomic E-state index is 12.1. The van der Waals surface area contributed by atoms with Crippen LogP contribution in [0.2, 0.25) is 5.02 Å². The highest BCUT2D eigenvalue weighted by Crippen LogP contribution is 2.29. The molecule has 1 aliphatic carbocycles. The van der Waals surface area contributed by atoms with Crippen LogP contribution in [0.15, 0.2) is 40.8 Å². The summed E-state index contributed by atoms with van der Waals surface area (Å²) in [5, 5.41) is 3.62. The number of carbonyl (C=O) groups excluding carboxylic acids is 1. The number of halogens is 1. The van der Waals surface area contributed by atoms with Crippen LogP contribution in [0.1, 0.15) is 36.2 Å². The Labute approximate surface area is 122 Å². The smallest absolute Gasteiger partial charge is 0.287 e. The van der Waals surface area contributed by atoms with Gasteiger partial charge in [0.1, 0.15) is 5.76 Å². The fourth-order valence-corrected chi connectivity index (χ4v) is 2.82. The largest absolute Gasteiger partial charge is 0.451 e. The molecule has 3 rings (SSSR count). The Morgan fingerprint density at radius 1 is 1.15 bits per heavy atom. The third kappa shape index (κ3) is 2.73. The lowest BCUT2D eigenvalue weighted by atomic mass is 10.2. The van der Waals surface area contributed by atoms with E-state index in [1.807, 2.05) is 18.2 Å². The van der Waals surface area contributed by atoms with E-state index in [0.29, 0.717) is 16.5 Å². The van der Waals surface area contributed by atoms with E-state index >= 15 is 0 Å². The SMILES string of the molecule is O=C(NC1CCCC1)c1ccc(-c2ccccc2Cl)o1. The summed E-state index contributed by atoms with van der Waals surface area (Å²) in [6.45, 7) is 0. The van der Waals surface area contributed by atoms with Crippen LogP contribution in [-0.2, 0) is 0 Å². The van der Waals surface area contributed by atoms with E-state index in [2.05, 4.69) is 5.32 Å². The van der Waals surface area contributed by atoms with Crippen molar-refractivity contribution >= 4 is 17.5 Å². The van der Waals surface area contributed by atoms with Gasteiger partial charge < -0.3 is 9.73 Å². The highest BCUT2D eigenvalue weighted by molar-refractivity contribution is 6.33. The van der Waals surface area contributed by atoms with Crippen molar-refractivity contribution in [3.8, 4) is 11.3 Å². The van der Waals surface area contributed by atoms with Gasteiger partial charge in [0.05, 0.1) is 5.02 Å². The zero-order chi connectivity index (χ0) is 13.9. The molecule has 0 aliphatic heterocycles. The first-order valence-corrected chi connectivity index (χ1v) is 7.27. The summed E-state index contributed by atoms with van der Waals surface area (Å²) in [5.74, 6) is 0.814. The Hall–Kier alpha value is -1.74. The van der Waals surface area contributed by atoms with Crippen LogP contribution < -0.4 is 5.32 Å². The molecule has 1 fully saturated rings. The van der Waals surface area contributed by atoms with E-state index in [-0.39, 0.29) is 11.9 Å². The standard InChI is InChI=1S/C16H16ClNO2/c17-13-8-4-3-7-12(13)14-9-10-15(20-14)16(19)18-11-5-1-2-6-11/h3-4,7-11H,1-2,5-6H2,(H,18,19). The first-order valence-electron chi connectivity index (χ1n) is 6.89. The molecule has 0 saturated heterocycles. The van der Waals surface area contributed by atoms with E-state index in [9.17, 15) is 4.79 Å². The van der Waals surface area contributed by atoms with Crippen molar-refractivity contribution in [2.75, 3.05) is 0 Å². The summed E-state index contributed by atoms with van der Waals surface area (Å²) in [5.41, 5.74) is 0.800. The fraction of sp³-hybridized carbons (Fsp3) is 0.312. The van der Waals surface area contributed by atoms with Crippen LogP contribution in [0.25, 0.3) is 11.3 Å². The third-order valence-electron chi connectivity index (χ3n) is 3.66. The second kappa shape index (κ2) is 5.71. The number of nitrogens with one attached hydrogen (secondary N) is 1. The van der Waals surface area contributed by atoms with Crippen molar-refractivity contribution in [1.82, 2.24) is 5.32 Å². The van der Waals surface area contributed by atoms with Gasteiger partial charge in [-0.15, -0.1) is 0 Å². The maximum Gasteiger partial charge on any atom is 0.287 e. The van der Waals surface area contributed by atoms with Crippen molar-refractivity contribution < 1.29 is 9.21 Å². The van der Waals surface area contributed by atoms with Crippen molar-refractivity contribution in [2.24, 2.45) is 0 Å². The lowest BCUT2D eigenvalue weighted by molar-refractivity contribution is 0.0910. The maximum absolute atomic E-state index is 12.1. The molecule has 1 aromatic heterocycles. The van der Waals surface area contributed by atoms with Crippen LogP contribution in [0.5, 0.6) is 0 Å². The summed E-state index contributed by atoms with van der Waals surface area (Å²) < 4.78 is 5.63. The normalized spacial score (nSPS) is 15.4. The summed E-state index contributed by atoms with van der Waals surface area (Å²) in [4.78, 5) is 12.1. The van der Waals surface area contributed by atoms with Gasteiger partial charge in [0.25, 0.3) is 5.91 Å². The average molecular weight is 290 g/mol. The highest BCUT2D eigenvalue weighted by Gasteiger charge is 2.20. The lowest BCUT2D eigenvalue weighted by Gasteiger charge is -2.09. The Balaban J connectivity index is 1.76. The Morgan fingerprint density at radius 2 is 1.90 bits per heavy atom. The van der Waals surface area contributed by atoms with Gasteiger partial charge in [0.2, 0.25) is 0 Å². The molecule has 0 spiro atoms. The van der Waals surface area contributed by atoms with Crippen LogP contribution in [0, 0.1) is 0 Å². The third-order valence-corrected chi connectivity index (χ3v) is 3.99. The van der Waals surface area contributed by atoms with Crippen molar-refractivity contribution in [3.63, 3.8) is 0 Å². The van der Waals surface area contributed by atoms with E-state index in [4.69, 9.17) is 16.0 Å². The van der Waals surface area contributed by atoms with Crippen LogP contribution in [0.3, 0.4) is 0 Å². The number of furan rings is 1. The van der Waals surface area contributed by atoms with Gasteiger partial charge in [0.15, 0.2) is 5.76 Å². The molecule has 1 saturated carbocycles. The Morgan fingerprint density at radius 3 is 2.65 bits per heavy atom. The van der Waals surface area contributed by atoms with E-state index in [1.54, 1.807) is 18.2 Å². The molecule has 2 aromatic rings. The van der Waals surface area contributed by atoms with E-state index < -0.39 is 0 Å². The monoisotopic (exact) mass is 289 g/mol. The van der Waals surface area contributed by atoms with Gasteiger partial charge in [-0.05, 0) is 37.1 Å².